The Morgan fingerprint density at radius 3 is 2.71 bits per heavy atom. The summed E-state index contributed by atoms with van der Waals surface area (Å²) >= 11 is 0. The van der Waals surface area contributed by atoms with Gasteiger partial charge < -0.3 is 5.32 Å². The van der Waals surface area contributed by atoms with Gasteiger partial charge in [0.1, 0.15) is 0 Å². The van der Waals surface area contributed by atoms with Gasteiger partial charge in [-0.05, 0) is 51.2 Å². The van der Waals surface area contributed by atoms with Crippen LogP contribution in [0.2, 0.25) is 0 Å². The highest BCUT2D eigenvalue weighted by Gasteiger charge is 2.34. The Hall–Kier alpha value is -2.48. The summed E-state index contributed by atoms with van der Waals surface area (Å²) in [7, 11) is -3.04. The van der Waals surface area contributed by atoms with E-state index in [-0.39, 0.29) is 29.2 Å². The van der Waals surface area contributed by atoms with E-state index in [0.717, 1.165) is 36.9 Å². The summed E-state index contributed by atoms with van der Waals surface area (Å²) in [4.78, 5) is 24.5. The summed E-state index contributed by atoms with van der Waals surface area (Å²) < 4.78 is 25.6. The fourth-order valence-electron chi connectivity index (χ4n) is 4.08. The van der Waals surface area contributed by atoms with Gasteiger partial charge in [-0.15, -0.1) is 0 Å². The zero-order valence-electron chi connectivity index (χ0n) is 15.8. The molecule has 1 atom stereocenters. The van der Waals surface area contributed by atoms with Crippen molar-refractivity contribution in [1.29, 1.82) is 0 Å². The molecule has 1 saturated heterocycles. The number of fused-ring (bicyclic) bond motifs is 1. The van der Waals surface area contributed by atoms with Gasteiger partial charge in [0.15, 0.2) is 21.3 Å². The number of benzene rings is 1. The number of sulfone groups is 1. The fourth-order valence-corrected chi connectivity index (χ4v) is 5.78. The van der Waals surface area contributed by atoms with Crippen LogP contribution in [0.3, 0.4) is 0 Å². The molecule has 0 unspecified atom stereocenters. The molecule has 1 aliphatic carbocycles. The number of nitrogens with zero attached hydrogens (tertiary/aromatic N) is 2. The predicted molar refractivity (Wildman–Crippen MR) is 106 cm³/mol. The van der Waals surface area contributed by atoms with Crippen LogP contribution in [0.15, 0.2) is 24.3 Å². The smallest absolute Gasteiger partial charge is 0.276 e. The normalized spacial score (nSPS) is 20.5. The average Bonchev–Trinajstić information content (AvgIpc) is 3.22. The molecule has 1 aromatic heterocycles. The van der Waals surface area contributed by atoms with Crippen LogP contribution in [0.5, 0.6) is 0 Å². The first-order valence-corrected chi connectivity index (χ1v) is 11.4. The minimum absolute atomic E-state index is 0.0693. The molecule has 28 heavy (non-hydrogen) atoms. The topological polar surface area (TPSA) is 98.1 Å². The van der Waals surface area contributed by atoms with E-state index in [2.05, 4.69) is 10.4 Å². The van der Waals surface area contributed by atoms with Crippen molar-refractivity contribution in [3.8, 4) is 0 Å². The third-order valence-electron chi connectivity index (χ3n) is 5.51. The number of anilines is 1. The molecule has 0 spiro atoms. The summed E-state index contributed by atoms with van der Waals surface area (Å²) in [6, 6.07) is 6.61. The molecule has 1 N–H and O–H groups in total. The molecule has 2 aromatic rings. The van der Waals surface area contributed by atoms with Crippen molar-refractivity contribution in [3.05, 3.63) is 46.8 Å². The summed E-state index contributed by atoms with van der Waals surface area (Å²) in [5.74, 6) is -0.132. The van der Waals surface area contributed by atoms with Crippen molar-refractivity contribution in [3.63, 3.8) is 0 Å². The largest absolute Gasteiger partial charge is 0.321 e. The maximum atomic E-state index is 12.9. The SMILES string of the molecule is CC(=O)c1cccc(NC(=O)c2nn([C@@H]3CCS(=O)(=O)C3)c3c2CCCC3)c1. The zero-order chi connectivity index (χ0) is 19.9. The van der Waals surface area contributed by atoms with E-state index in [1.807, 2.05) is 0 Å². The van der Waals surface area contributed by atoms with Gasteiger partial charge in [-0.3, -0.25) is 14.3 Å². The van der Waals surface area contributed by atoms with Gasteiger partial charge in [0.05, 0.1) is 17.5 Å². The van der Waals surface area contributed by atoms with Crippen LogP contribution in [0.4, 0.5) is 5.69 Å². The molecular formula is C20H23N3O4S. The second-order valence-electron chi connectivity index (χ2n) is 7.57. The molecule has 1 aliphatic heterocycles. The lowest BCUT2D eigenvalue weighted by Crippen LogP contribution is -2.17. The van der Waals surface area contributed by atoms with Crippen molar-refractivity contribution in [2.75, 3.05) is 16.8 Å². The molecule has 2 heterocycles. The zero-order valence-corrected chi connectivity index (χ0v) is 16.6. The maximum Gasteiger partial charge on any atom is 0.276 e. The van der Waals surface area contributed by atoms with E-state index in [1.54, 1.807) is 28.9 Å². The number of carbonyl (C=O) groups excluding carboxylic acids is 2. The van der Waals surface area contributed by atoms with Crippen molar-refractivity contribution < 1.29 is 18.0 Å². The van der Waals surface area contributed by atoms with Gasteiger partial charge in [0.2, 0.25) is 0 Å². The number of aromatic nitrogens is 2. The first kappa shape index (κ1) is 18.9. The molecule has 7 nitrogen and oxygen atoms in total. The number of ketones is 1. The molecule has 1 fully saturated rings. The minimum atomic E-state index is -3.04. The number of amides is 1. The monoisotopic (exact) mass is 401 g/mol. The first-order chi connectivity index (χ1) is 13.3. The minimum Gasteiger partial charge on any atom is -0.321 e. The van der Waals surface area contributed by atoms with Crippen LogP contribution in [0.1, 0.15) is 64.3 Å². The highest BCUT2D eigenvalue weighted by atomic mass is 32.2. The van der Waals surface area contributed by atoms with Crippen LogP contribution in [-0.4, -0.2) is 41.4 Å². The standard InChI is InChI=1S/C20H23N3O4S/c1-13(24)14-5-4-6-15(11-14)21-20(25)19-17-7-2-3-8-18(17)23(22-19)16-9-10-28(26,27)12-16/h4-6,11,16H,2-3,7-10,12H2,1H3,(H,21,25)/t16-/m1/s1. The second kappa shape index (κ2) is 7.16. The Bertz CT molecular complexity index is 1060. The van der Waals surface area contributed by atoms with Crippen LogP contribution >= 0.6 is 0 Å². The van der Waals surface area contributed by atoms with E-state index >= 15 is 0 Å². The van der Waals surface area contributed by atoms with Gasteiger partial charge in [-0.25, -0.2) is 8.42 Å². The molecule has 1 aromatic carbocycles. The number of hydrogen-bond acceptors (Lipinski definition) is 5. The quantitative estimate of drug-likeness (QED) is 0.794. The first-order valence-electron chi connectivity index (χ1n) is 9.57. The summed E-state index contributed by atoms with van der Waals surface area (Å²) in [5.41, 5.74) is 3.36. The molecule has 148 valence electrons. The number of carbonyl (C=O) groups is 2. The van der Waals surface area contributed by atoms with E-state index in [0.29, 0.717) is 23.4 Å². The number of nitrogens with one attached hydrogen (secondary N) is 1. The summed E-state index contributed by atoms with van der Waals surface area (Å²) in [6.07, 6.45) is 4.12. The molecule has 4 rings (SSSR count). The lowest BCUT2D eigenvalue weighted by Gasteiger charge is -2.17. The Morgan fingerprint density at radius 2 is 2.00 bits per heavy atom. The lowest BCUT2D eigenvalue weighted by molar-refractivity contribution is 0.100. The van der Waals surface area contributed by atoms with Gasteiger partial charge in [0.25, 0.3) is 5.91 Å². The molecule has 0 radical (unpaired) electrons. The van der Waals surface area contributed by atoms with Crippen molar-refractivity contribution in [1.82, 2.24) is 9.78 Å². The van der Waals surface area contributed by atoms with E-state index in [9.17, 15) is 18.0 Å². The molecule has 0 saturated carbocycles. The molecule has 0 bridgehead atoms. The van der Waals surface area contributed by atoms with E-state index < -0.39 is 9.84 Å². The highest BCUT2D eigenvalue weighted by molar-refractivity contribution is 7.91. The van der Waals surface area contributed by atoms with Crippen molar-refractivity contribution >= 4 is 27.2 Å². The number of Topliss-reactive ketones (excluding diaryl/α,β-unsaturated/α-hetero) is 1. The number of rotatable bonds is 4. The molecule has 8 heteroatoms. The van der Waals surface area contributed by atoms with E-state index in [1.165, 1.54) is 6.92 Å². The Kier molecular flexibility index (Phi) is 4.82. The van der Waals surface area contributed by atoms with Gasteiger partial charge in [-0.1, -0.05) is 12.1 Å². The third kappa shape index (κ3) is 3.61. The van der Waals surface area contributed by atoms with Gasteiger partial charge in [0, 0.05) is 22.5 Å². The Labute approximate surface area is 164 Å². The second-order valence-corrected chi connectivity index (χ2v) is 9.80. The van der Waals surface area contributed by atoms with Crippen LogP contribution in [-0.2, 0) is 22.7 Å². The van der Waals surface area contributed by atoms with Crippen molar-refractivity contribution in [2.24, 2.45) is 0 Å². The number of hydrogen-bond donors (Lipinski definition) is 1. The van der Waals surface area contributed by atoms with Gasteiger partial charge in [-0.2, -0.15) is 5.10 Å². The highest BCUT2D eigenvalue weighted by Crippen LogP contribution is 2.31. The Morgan fingerprint density at radius 1 is 1.21 bits per heavy atom. The Balaban J connectivity index is 1.65. The van der Waals surface area contributed by atoms with Gasteiger partial charge >= 0.3 is 0 Å². The maximum absolute atomic E-state index is 12.9. The summed E-state index contributed by atoms with van der Waals surface area (Å²) in [6.45, 7) is 1.48. The summed E-state index contributed by atoms with van der Waals surface area (Å²) in [5, 5.41) is 7.40. The van der Waals surface area contributed by atoms with Crippen LogP contribution in [0, 0.1) is 0 Å². The van der Waals surface area contributed by atoms with E-state index in [4.69, 9.17) is 0 Å². The van der Waals surface area contributed by atoms with Crippen LogP contribution < -0.4 is 5.32 Å². The fraction of sp³-hybridized carbons (Fsp3) is 0.450. The molecular weight excluding hydrogens is 378 g/mol. The average molecular weight is 401 g/mol. The molecule has 1 amide bonds. The van der Waals surface area contributed by atoms with Crippen LogP contribution in [0.25, 0.3) is 0 Å². The van der Waals surface area contributed by atoms with Crippen molar-refractivity contribution in [2.45, 2.75) is 45.1 Å². The molecule has 2 aliphatic rings. The predicted octanol–water partition coefficient (Wildman–Crippen LogP) is 2.58. The lowest BCUT2D eigenvalue weighted by atomic mass is 9.95. The third-order valence-corrected chi connectivity index (χ3v) is 7.26.